The van der Waals surface area contributed by atoms with Gasteiger partial charge >= 0.3 is 7.12 Å². The van der Waals surface area contributed by atoms with Crippen molar-refractivity contribution < 1.29 is 9.31 Å². The molecule has 2 aliphatic heterocycles. The van der Waals surface area contributed by atoms with E-state index in [0.29, 0.717) is 0 Å². The lowest BCUT2D eigenvalue weighted by Gasteiger charge is -2.35. The number of benzene rings is 1. The van der Waals surface area contributed by atoms with Gasteiger partial charge < -0.3 is 14.2 Å². The molecule has 4 rings (SSSR count). The molecule has 6 heteroatoms. The minimum atomic E-state index is -0.353. The summed E-state index contributed by atoms with van der Waals surface area (Å²) >= 11 is 0. The van der Waals surface area contributed by atoms with E-state index in [1.807, 2.05) is 6.20 Å². The first-order chi connectivity index (χ1) is 13.3. The molecule has 0 saturated carbocycles. The lowest BCUT2D eigenvalue weighted by molar-refractivity contribution is 0.00578. The Kier molecular flexibility index (Phi) is 5.21. The van der Waals surface area contributed by atoms with Crippen LogP contribution in [-0.4, -0.2) is 54.4 Å². The Bertz CT molecular complexity index is 771. The van der Waals surface area contributed by atoms with Crippen LogP contribution in [0.1, 0.15) is 33.3 Å². The van der Waals surface area contributed by atoms with E-state index in [0.717, 1.165) is 44.0 Å². The second-order valence-corrected chi connectivity index (χ2v) is 8.79. The molecule has 3 heterocycles. The molecule has 5 nitrogen and oxygen atoms in total. The quantitative estimate of drug-likeness (QED) is 0.764. The van der Waals surface area contributed by atoms with Crippen LogP contribution in [0.4, 0.5) is 5.82 Å². The maximum absolute atomic E-state index is 6.12. The summed E-state index contributed by atoms with van der Waals surface area (Å²) < 4.78 is 12.2. The number of piperazine rings is 1. The molecule has 2 fully saturated rings. The summed E-state index contributed by atoms with van der Waals surface area (Å²) in [5.41, 5.74) is 1.70. The summed E-state index contributed by atoms with van der Waals surface area (Å²) in [5, 5.41) is 0. The summed E-state index contributed by atoms with van der Waals surface area (Å²) in [7, 11) is -0.353. The van der Waals surface area contributed by atoms with Gasteiger partial charge in [0.2, 0.25) is 0 Å². The normalized spacial score (nSPS) is 21.9. The molecule has 148 valence electrons. The lowest BCUT2D eigenvalue weighted by atomic mass is 9.80. The number of hydrogen-bond donors (Lipinski definition) is 0. The molecule has 0 N–H and O–H groups in total. The smallest absolute Gasteiger partial charge is 0.399 e. The van der Waals surface area contributed by atoms with Crippen molar-refractivity contribution in [2.75, 3.05) is 31.1 Å². The van der Waals surface area contributed by atoms with Gasteiger partial charge in [0.25, 0.3) is 0 Å². The van der Waals surface area contributed by atoms with Crippen LogP contribution in [0, 0.1) is 0 Å². The van der Waals surface area contributed by atoms with Gasteiger partial charge in [-0.2, -0.15) is 0 Å². The molecular weight excluding hydrogens is 349 g/mol. The van der Waals surface area contributed by atoms with Gasteiger partial charge in [-0.3, -0.25) is 4.90 Å². The Hall–Kier alpha value is -1.89. The zero-order valence-corrected chi connectivity index (χ0v) is 17.4. The maximum atomic E-state index is 6.12. The second kappa shape index (κ2) is 7.50. The Morgan fingerprint density at radius 1 is 0.893 bits per heavy atom. The van der Waals surface area contributed by atoms with Crippen LogP contribution in [0.3, 0.4) is 0 Å². The van der Waals surface area contributed by atoms with Crippen LogP contribution < -0.4 is 10.4 Å². The fourth-order valence-electron chi connectivity index (χ4n) is 3.68. The highest BCUT2D eigenvalue weighted by Gasteiger charge is 2.51. The third-order valence-electron chi connectivity index (χ3n) is 6.24. The zero-order valence-electron chi connectivity index (χ0n) is 17.4. The van der Waals surface area contributed by atoms with Crippen molar-refractivity contribution in [3.63, 3.8) is 0 Å². The van der Waals surface area contributed by atoms with Crippen molar-refractivity contribution in [1.82, 2.24) is 9.88 Å². The zero-order chi connectivity index (χ0) is 19.8. The number of pyridine rings is 1. The van der Waals surface area contributed by atoms with E-state index in [9.17, 15) is 0 Å². The van der Waals surface area contributed by atoms with Gasteiger partial charge in [-0.15, -0.1) is 0 Å². The Morgan fingerprint density at radius 2 is 1.54 bits per heavy atom. The first kappa shape index (κ1) is 19.4. The summed E-state index contributed by atoms with van der Waals surface area (Å²) in [6, 6.07) is 14.9. The van der Waals surface area contributed by atoms with E-state index in [2.05, 4.69) is 80.0 Å². The monoisotopic (exact) mass is 379 g/mol. The number of rotatable bonds is 4. The summed E-state index contributed by atoms with van der Waals surface area (Å²) in [5.74, 6) is 1.03. The van der Waals surface area contributed by atoms with Crippen LogP contribution in [0.2, 0.25) is 0 Å². The van der Waals surface area contributed by atoms with Crippen molar-refractivity contribution >= 4 is 18.4 Å². The molecule has 0 spiro atoms. The number of anilines is 1. The van der Waals surface area contributed by atoms with E-state index in [4.69, 9.17) is 14.3 Å². The highest BCUT2D eigenvalue weighted by Crippen LogP contribution is 2.36. The molecule has 0 aliphatic carbocycles. The predicted octanol–water partition coefficient (Wildman–Crippen LogP) is 2.70. The predicted molar refractivity (Wildman–Crippen MR) is 114 cm³/mol. The van der Waals surface area contributed by atoms with Gasteiger partial charge in [-0.05, 0) is 39.3 Å². The van der Waals surface area contributed by atoms with Gasteiger partial charge in [-0.25, -0.2) is 4.98 Å². The summed E-state index contributed by atoms with van der Waals surface area (Å²) in [6.45, 7) is 13.4. The molecule has 28 heavy (non-hydrogen) atoms. The van der Waals surface area contributed by atoms with E-state index in [1.165, 1.54) is 5.56 Å². The van der Waals surface area contributed by atoms with Crippen LogP contribution in [0.5, 0.6) is 0 Å². The van der Waals surface area contributed by atoms with Gasteiger partial charge in [-0.1, -0.05) is 36.4 Å². The Morgan fingerprint density at radius 3 is 2.11 bits per heavy atom. The van der Waals surface area contributed by atoms with Crippen molar-refractivity contribution in [3.05, 3.63) is 54.2 Å². The lowest BCUT2D eigenvalue weighted by Crippen LogP contribution is -2.46. The van der Waals surface area contributed by atoms with Gasteiger partial charge in [0.05, 0.1) is 11.2 Å². The number of nitrogens with zero attached hydrogens (tertiary/aromatic N) is 3. The Labute approximate surface area is 168 Å². The third-order valence-corrected chi connectivity index (χ3v) is 6.24. The number of hydrogen-bond acceptors (Lipinski definition) is 5. The molecule has 0 unspecified atom stereocenters. The first-order valence-electron chi connectivity index (χ1n) is 10.2. The standard InChI is InChI=1S/C22H30BN3O2/c1-21(2)22(3,4)28-23(27-21)19-10-11-20(24-16-19)26-14-12-25(13-15-26)17-18-8-6-5-7-9-18/h5-11,16H,12-15,17H2,1-4H3. The van der Waals surface area contributed by atoms with E-state index >= 15 is 0 Å². The minimum absolute atomic E-state index is 0.328. The molecule has 0 bridgehead atoms. The van der Waals surface area contributed by atoms with Crippen molar-refractivity contribution in [1.29, 1.82) is 0 Å². The molecule has 2 saturated heterocycles. The molecule has 2 aliphatic rings. The molecule has 2 aromatic rings. The van der Waals surface area contributed by atoms with Crippen molar-refractivity contribution in [3.8, 4) is 0 Å². The van der Waals surface area contributed by atoms with E-state index in [-0.39, 0.29) is 18.3 Å². The molecular formula is C22H30BN3O2. The molecule has 0 atom stereocenters. The summed E-state index contributed by atoms with van der Waals surface area (Å²) in [6.07, 6.45) is 1.90. The highest BCUT2D eigenvalue weighted by molar-refractivity contribution is 6.62. The van der Waals surface area contributed by atoms with Crippen LogP contribution >= 0.6 is 0 Å². The SMILES string of the molecule is CC1(C)OB(c2ccc(N3CCN(Cc4ccccc4)CC3)nc2)OC1(C)C. The van der Waals surface area contributed by atoms with Gasteiger partial charge in [0, 0.05) is 44.4 Å². The topological polar surface area (TPSA) is 37.8 Å². The number of aromatic nitrogens is 1. The van der Waals surface area contributed by atoms with E-state index < -0.39 is 0 Å². The largest absolute Gasteiger partial charge is 0.496 e. The molecule has 0 amide bonds. The Balaban J connectivity index is 1.34. The average molecular weight is 379 g/mol. The minimum Gasteiger partial charge on any atom is -0.399 e. The van der Waals surface area contributed by atoms with Crippen molar-refractivity contribution in [2.45, 2.75) is 45.4 Å². The maximum Gasteiger partial charge on any atom is 0.496 e. The molecule has 0 radical (unpaired) electrons. The fraction of sp³-hybridized carbons (Fsp3) is 0.500. The summed E-state index contributed by atoms with van der Waals surface area (Å²) in [4.78, 5) is 9.56. The third kappa shape index (κ3) is 3.95. The highest BCUT2D eigenvalue weighted by atomic mass is 16.7. The second-order valence-electron chi connectivity index (χ2n) is 8.79. The molecule has 1 aromatic carbocycles. The van der Waals surface area contributed by atoms with Crippen LogP contribution in [0.25, 0.3) is 0 Å². The van der Waals surface area contributed by atoms with Crippen LogP contribution in [-0.2, 0) is 15.9 Å². The van der Waals surface area contributed by atoms with Crippen molar-refractivity contribution in [2.24, 2.45) is 0 Å². The van der Waals surface area contributed by atoms with Crippen LogP contribution in [0.15, 0.2) is 48.7 Å². The molecule has 1 aromatic heterocycles. The van der Waals surface area contributed by atoms with Gasteiger partial charge in [0.15, 0.2) is 0 Å². The average Bonchev–Trinajstić information content (AvgIpc) is 2.91. The fourth-order valence-corrected chi connectivity index (χ4v) is 3.68. The van der Waals surface area contributed by atoms with E-state index in [1.54, 1.807) is 0 Å². The van der Waals surface area contributed by atoms with Gasteiger partial charge in [0.1, 0.15) is 5.82 Å². The first-order valence-corrected chi connectivity index (χ1v) is 10.2.